The highest BCUT2D eigenvalue weighted by Crippen LogP contribution is 2.45. The molecule has 0 aromatic carbocycles. The molecule has 0 radical (unpaired) electrons. The first-order valence-electron chi connectivity index (χ1n) is 8.72. The standard InChI is InChI=1S/C17H28O4/c1-11-15(20-11)14(17(18)19)12-9-7-5-3-2-4-6-8-10-13-16(12)21-13/h11-16H,2-10H2,1H3,(H,18,19). The van der Waals surface area contributed by atoms with E-state index in [1.807, 2.05) is 6.92 Å². The fraction of sp³-hybridized carbons (Fsp3) is 0.941. The molecule has 4 heteroatoms. The second kappa shape index (κ2) is 6.66. The molecule has 120 valence electrons. The van der Waals surface area contributed by atoms with E-state index in [9.17, 15) is 9.90 Å². The third-order valence-corrected chi connectivity index (χ3v) is 5.43. The van der Waals surface area contributed by atoms with Gasteiger partial charge in [0.25, 0.3) is 0 Å². The highest BCUT2D eigenvalue weighted by molar-refractivity contribution is 5.72. The van der Waals surface area contributed by atoms with Crippen LogP contribution in [-0.2, 0) is 14.3 Å². The van der Waals surface area contributed by atoms with Gasteiger partial charge >= 0.3 is 5.97 Å². The lowest BCUT2D eigenvalue weighted by atomic mass is 9.80. The van der Waals surface area contributed by atoms with Gasteiger partial charge in [0.15, 0.2) is 0 Å². The van der Waals surface area contributed by atoms with E-state index in [0.29, 0.717) is 6.10 Å². The average Bonchev–Trinajstić information content (AvgIpc) is 3.32. The van der Waals surface area contributed by atoms with Gasteiger partial charge in [-0.3, -0.25) is 4.79 Å². The maximum Gasteiger partial charge on any atom is 0.309 e. The van der Waals surface area contributed by atoms with Crippen molar-refractivity contribution in [1.29, 1.82) is 0 Å². The minimum Gasteiger partial charge on any atom is -0.481 e. The molecule has 1 N–H and O–H groups in total. The van der Waals surface area contributed by atoms with Gasteiger partial charge in [0, 0.05) is 5.92 Å². The number of aliphatic carboxylic acids is 1. The minimum atomic E-state index is -0.698. The fourth-order valence-electron chi connectivity index (χ4n) is 4.07. The molecule has 1 aliphatic carbocycles. The van der Waals surface area contributed by atoms with Gasteiger partial charge < -0.3 is 14.6 Å². The summed E-state index contributed by atoms with van der Waals surface area (Å²) in [5, 5.41) is 9.64. The van der Waals surface area contributed by atoms with E-state index < -0.39 is 5.97 Å². The molecule has 4 nitrogen and oxygen atoms in total. The van der Waals surface area contributed by atoms with Crippen molar-refractivity contribution < 1.29 is 19.4 Å². The molecule has 0 bridgehead atoms. The summed E-state index contributed by atoms with van der Waals surface area (Å²) in [5.74, 6) is -0.935. The molecule has 0 aromatic rings. The Morgan fingerprint density at radius 1 is 1.00 bits per heavy atom. The molecule has 0 amide bonds. The Morgan fingerprint density at radius 3 is 2.14 bits per heavy atom. The summed E-state index contributed by atoms with van der Waals surface area (Å²) >= 11 is 0. The number of hydrogen-bond donors (Lipinski definition) is 1. The van der Waals surface area contributed by atoms with E-state index in [2.05, 4.69) is 0 Å². The van der Waals surface area contributed by atoms with Gasteiger partial charge in [-0.25, -0.2) is 0 Å². The first-order chi connectivity index (χ1) is 10.2. The average molecular weight is 296 g/mol. The predicted octanol–water partition coefficient (Wildman–Crippen LogP) is 3.38. The van der Waals surface area contributed by atoms with Crippen molar-refractivity contribution in [1.82, 2.24) is 0 Å². The van der Waals surface area contributed by atoms with E-state index in [1.165, 1.54) is 38.5 Å². The third kappa shape index (κ3) is 3.78. The summed E-state index contributed by atoms with van der Waals surface area (Å²) in [4.78, 5) is 11.7. The van der Waals surface area contributed by atoms with Crippen molar-refractivity contribution in [3.8, 4) is 0 Å². The van der Waals surface area contributed by atoms with Crippen molar-refractivity contribution in [2.45, 2.75) is 89.1 Å². The van der Waals surface area contributed by atoms with Crippen LogP contribution in [0.3, 0.4) is 0 Å². The molecule has 21 heavy (non-hydrogen) atoms. The fourth-order valence-corrected chi connectivity index (χ4v) is 4.07. The monoisotopic (exact) mass is 296 g/mol. The molecule has 0 aromatic heterocycles. The largest absolute Gasteiger partial charge is 0.481 e. The van der Waals surface area contributed by atoms with E-state index in [4.69, 9.17) is 9.47 Å². The zero-order chi connectivity index (χ0) is 14.8. The van der Waals surface area contributed by atoms with E-state index in [0.717, 1.165) is 19.3 Å². The third-order valence-electron chi connectivity index (χ3n) is 5.43. The van der Waals surface area contributed by atoms with Gasteiger partial charge in [0.1, 0.15) is 0 Å². The Morgan fingerprint density at radius 2 is 1.57 bits per heavy atom. The Balaban J connectivity index is 1.65. The normalized spacial score (nSPS) is 42.0. The van der Waals surface area contributed by atoms with Crippen LogP contribution in [0.15, 0.2) is 0 Å². The minimum absolute atomic E-state index is 0.0924. The Kier molecular flexibility index (Phi) is 4.85. The van der Waals surface area contributed by atoms with Gasteiger partial charge in [-0.2, -0.15) is 0 Å². The van der Waals surface area contributed by atoms with Crippen LogP contribution in [0.4, 0.5) is 0 Å². The number of hydrogen-bond acceptors (Lipinski definition) is 3. The number of epoxide rings is 2. The maximum atomic E-state index is 11.7. The lowest BCUT2D eigenvalue weighted by molar-refractivity contribution is -0.145. The molecule has 2 saturated heterocycles. The molecular weight excluding hydrogens is 268 g/mol. The van der Waals surface area contributed by atoms with Crippen LogP contribution in [0, 0.1) is 11.8 Å². The van der Waals surface area contributed by atoms with Crippen LogP contribution in [0.5, 0.6) is 0 Å². The van der Waals surface area contributed by atoms with Crippen LogP contribution >= 0.6 is 0 Å². The zero-order valence-electron chi connectivity index (χ0n) is 13.0. The van der Waals surface area contributed by atoms with Crippen LogP contribution in [0.2, 0.25) is 0 Å². The van der Waals surface area contributed by atoms with E-state index in [-0.39, 0.29) is 30.1 Å². The predicted molar refractivity (Wildman–Crippen MR) is 79.2 cm³/mol. The summed E-state index contributed by atoms with van der Waals surface area (Å²) in [5.41, 5.74) is 0. The van der Waals surface area contributed by atoms with Gasteiger partial charge in [0.2, 0.25) is 0 Å². The van der Waals surface area contributed by atoms with E-state index >= 15 is 0 Å². The second-order valence-corrected chi connectivity index (χ2v) is 7.03. The Bertz CT molecular complexity index is 370. The molecule has 0 spiro atoms. The lowest BCUT2D eigenvalue weighted by Crippen LogP contribution is -2.33. The number of carboxylic acids is 1. The summed E-state index contributed by atoms with van der Waals surface area (Å²) in [6.07, 6.45) is 11.4. The van der Waals surface area contributed by atoms with Crippen LogP contribution < -0.4 is 0 Å². The number of carbonyl (C=O) groups is 1. The van der Waals surface area contributed by atoms with Crippen LogP contribution in [-0.4, -0.2) is 35.5 Å². The molecular formula is C17H28O4. The first-order valence-corrected chi connectivity index (χ1v) is 8.72. The Hall–Kier alpha value is -0.610. The van der Waals surface area contributed by atoms with Crippen molar-refractivity contribution >= 4 is 5.97 Å². The molecule has 3 fully saturated rings. The number of carboxylic acid groups (broad SMARTS) is 1. The quantitative estimate of drug-likeness (QED) is 0.811. The topological polar surface area (TPSA) is 62.4 Å². The maximum absolute atomic E-state index is 11.7. The summed E-state index contributed by atoms with van der Waals surface area (Å²) in [6.45, 7) is 1.97. The van der Waals surface area contributed by atoms with Crippen molar-refractivity contribution in [3.05, 3.63) is 0 Å². The van der Waals surface area contributed by atoms with Crippen LogP contribution in [0.1, 0.15) is 64.7 Å². The summed E-state index contributed by atoms with van der Waals surface area (Å²) in [7, 11) is 0. The smallest absolute Gasteiger partial charge is 0.309 e. The van der Waals surface area contributed by atoms with Gasteiger partial charge in [0.05, 0.1) is 30.3 Å². The summed E-state index contributed by atoms with van der Waals surface area (Å²) in [6, 6.07) is 0. The zero-order valence-corrected chi connectivity index (χ0v) is 13.0. The highest BCUT2D eigenvalue weighted by atomic mass is 16.6. The van der Waals surface area contributed by atoms with Gasteiger partial charge in [-0.05, 0) is 19.8 Å². The van der Waals surface area contributed by atoms with Gasteiger partial charge in [-0.15, -0.1) is 0 Å². The number of rotatable bonds is 3. The number of ether oxygens (including phenoxy) is 2. The van der Waals surface area contributed by atoms with Crippen molar-refractivity contribution in [3.63, 3.8) is 0 Å². The molecule has 2 aliphatic heterocycles. The first kappa shape index (κ1) is 15.3. The second-order valence-electron chi connectivity index (χ2n) is 7.03. The molecule has 6 atom stereocenters. The summed E-state index contributed by atoms with van der Waals surface area (Å²) < 4.78 is 11.4. The molecule has 3 rings (SSSR count). The van der Waals surface area contributed by atoms with E-state index in [1.54, 1.807) is 0 Å². The number of fused-ring (bicyclic) bond motifs is 1. The Labute approximate surface area is 127 Å². The lowest BCUT2D eigenvalue weighted by Gasteiger charge is -2.22. The highest BCUT2D eigenvalue weighted by Gasteiger charge is 2.55. The molecule has 6 unspecified atom stereocenters. The van der Waals surface area contributed by atoms with Crippen molar-refractivity contribution in [2.24, 2.45) is 11.8 Å². The SMILES string of the molecule is CC1OC1C(C(=O)O)C1CCCCCCCCCC2OC21. The van der Waals surface area contributed by atoms with Gasteiger partial charge in [-0.1, -0.05) is 44.9 Å². The van der Waals surface area contributed by atoms with Crippen molar-refractivity contribution in [2.75, 3.05) is 0 Å². The molecule has 2 heterocycles. The van der Waals surface area contributed by atoms with Crippen LogP contribution in [0.25, 0.3) is 0 Å². The molecule has 1 saturated carbocycles. The molecule has 3 aliphatic rings.